The zero-order valence-corrected chi connectivity index (χ0v) is 11.7. The summed E-state index contributed by atoms with van der Waals surface area (Å²) in [6.07, 6.45) is 2.39. The minimum Gasteiger partial charge on any atom is -0.490 e. The van der Waals surface area contributed by atoms with Crippen molar-refractivity contribution in [1.82, 2.24) is 9.97 Å². The quantitative estimate of drug-likeness (QED) is 0.613. The maximum atomic E-state index is 5.42. The van der Waals surface area contributed by atoms with Gasteiger partial charge in [-0.1, -0.05) is 30.3 Å². The number of nitrogens with two attached hydrogens (primary N) is 1. The molecular weight excluding hydrogens is 254 g/mol. The highest BCUT2D eigenvalue weighted by Gasteiger charge is 2.14. The minimum absolute atomic E-state index is 0.476. The number of anilines is 2. The Morgan fingerprint density at radius 3 is 2.65 bits per heavy atom. The molecule has 0 saturated carbocycles. The molecule has 6 nitrogen and oxygen atoms in total. The molecule has 0 unspecified atom stereocenters. The van der Waals surface area contributed by atoms with Gasteiger partial charge in [0, 0.05) is 13.6 Å². The van der Waals surface area contributed by atoms with E-state index in [0.29, 0.717) is 17.4 Å². The molecule has 20 heavy (non-hydrogen) atoms. The van der Waals surface area contributed by atoms with E-state index < -0.39 is 0 Å². The third-order valence-electron chi connectivity index (χ3n) is 3.07. The van der Waals surface area contributed by atoms with Gasteiger partial charge in [-0.15, -0.1) is 0 Å². The van der Waals surface area contributed by atoms with Gasteiger partial charge in [0.1, 0.15) is 6.33 Å². The van der Waals surface area contributed by atoms with Crippen LogP contribution in [0.15, 0.2) is 36.7 Å². The maximum absolute atomic E-state index is 5.42. The van der Waals surface area contributed by atoms with Crippen LogP contribution in [0.5, 0.6) is 5.75 Å². The first kappa shape index (κ1) is 14.1. The fourth-order valence-corrected chi connectivity index (χ4v) is 1.97. The lowest BCUT2D eigenvalue weighted by Gasteiger charge is -2.21. The van der Waals surface area contributed by atoms with Crippen LogP contribution in [0.4, 0.5) is 11.6 Å². The second-order valence-electron chi connectivity index (χ2n) is 4.38. The summed E-state index contributed by atoms with van der Waals surface area (Å²) in [7, 11) is 3.54. The van der Waals surface area contributed by atoms with Crippen LogP contribution in [-0.4, -0.2) is 30.7 Å². The van der Waals surface area contributed by atoms with Crippen molar-refractivity contribution in [2.24, 2.45) is 5.84 Å². The predicted octanol–water partition coefficient (Wildman–Crippen LogP) is 1.45. The second-order valence-corrected chi connectivity index (χ2v) is 4.38. The topological polar surface area (TPSA) is 76.3 Å². The molecule has 0 spiro atoms. The lowest BCUT2D eigenvalue weighted by Crippen LogP contribution is -2.23. The number of methoxy groups -OCH3 is 1. The van der Waals surface area contributed by atoms with Crippen LogP contribution in [0.25, 0.3) is 0 Å². The summed E-state index contributed by atoms with van der Waals surface area (Å²) in [5.41, 5.74) is 3.79. The Kier molecular flexibility index (Phi) is 4.73. The molecule has 0 aliphatic heterocycles. The van der Waals surface area contributed by atoms with Crippen LogP contribution in [0.1, 0.15) is 5.56 Å². The molecule has 0 aliphatic rings. The fourth-order valence-electron chi connectivity index (χ4n) is 1.97. The molecule has 0 aliphatic carbocycles. The largest absolute Gasteiger partial charge is 0.490 e. The van der Waals surface area contributed by atoms with Gasteiger partial charge in [-0.2, -0.15) is 0 Å². The third kappa shape index (κ3) is 3.16. The molecule has 0 fully saturated rings. The lowest BCUT2D eigenvalue weighted by atomic mass is 10.1. The maximum Gasteiger partial charge on any atom is 0.205 e. The standard InChI is InChI=1S/C14H19N5O/c1-19(9-8-11-6-4-3-5-7-11)14-12(20-2)13(18-15)16-10-17-14/h3-7,10H,8-9,15H2,1-2H3,(H,16,17,18). The fraction of sp³-hybridized carbons (Fsp3) is 0.286. The Morgan fingerprint density at radius 1 is 1.25 bits per heavy atom. The van der Waals surface area contributed by atoms with Gasteiger partial charge in [0.15, 0.2) is 11.6 Å². The van der Waals surface area contributed by atoms with Gasteiger partial charge in [-0.3, -0.25) is 0 Å². The van der Waals surface area contributed by atoms with Crippen LogP contribution in [0.3, 0.4) is 0 Å². The van der Waals surface area contributed by atoms with Crippen molar-refractivity contribution in [1.29, 1.82) is 0 Å². The van der Waals surface area contributed by atoms with E-state index in [0.717, 1.165) is 13.0 Å². The average Bonchev–Trinajstić information content (AvgIpc) is 2.52. The molecule has 1 aromatic heterocycles. The van der Waals surface area contributed by atoms with Gasteiger partial charge < -0.3 is 15.1 Å². The molecule has 3 N–H and O–H groups in total. The van der Waals surface area contributed by atoms with Gasteiger partial charge in [-0.25, -0.2) is 15.8 Å². The number of rotatable bonds is 6. The molecule has 2 rings (SSSR count). The summed E-state index contributed by atoms with van der Waals surface area (Å²) < 4.78 is 5.33. The average molecular weight is 273 g/mol. The number of hydrogen-bond donors (Lipinski definition) is 2. The molecule has 2 aromatic rings. The highest BCUT2D eigenvalue weighted by atomic mass is 16.5. The van der Waals surface area contributed by atoms with E-state index in [4.69, 9.17) is 10.6 Å². The Hall–Kier alpha value is -2.34. The monoisotopic (exact) mass is 273 g/mol. The van der Waals surface area contributed by atoms with Crippen LogP contribution >= 0.6 is 0 Å². The van der Waals surface area contributed by atoms with E-state index in [-0.39, 0.29) is 0 Å². The van der Waals surface area contributed by atoms with E-state index in [1.54, 1.807) is 7.11 Å². The summed E-state index contributed by atoms with van der Waals surface area (Å²) in [6, 6.07) is 10.3. The minimum atomic E-state index is 0.476. The van der Waals surface area contributed by atoms with Crippen molar-refractivity contribution in [2.75, 3.05) is 31.0 Å². The van der Waals surface area contributed by atoms with Crippen molar-refractivity contribution >= 4 is 11.6 Å². The Balaban J connectivity index is 2.11. The SMILES string of the molecule is COc1c(NN)ncnc1N(C)CCc1ccccc1. The molecule has 0 amide bonds. The number of ether oxygens (including phenoxy) is 1. The Labute approximate surface area is 118 Å². The van der Waals surface area contributed by atoms with Gasteiger partial charge in [0.05, 0.1) is 7.11 Å². The lowest BCUT2D eigenvalue weighted by molar-refractivity contribution is 0.413. The first-order chi connectivity index (χ1) is 9.76. The van der Waals surface area contributed by atoms with Crippen molar-refractivity contribution in [3.8, 4) is 5.75 Å². The van der Waals surface area contributed by atoms with E-state index in [9.17, 15) is 0 Å². The van der Waals surface area contributed by atoms with Crippen molar-refractivity contribution in [3.63, 3.8) is 0 Å². The van der Waals surface area contributed by atoms with Gasteiger partial charge in [0.25, 0.3) is 0 Å². The smallest absolute Gasteiger partial charge is 0.205 e. The molecule has 0 saturated heterocycles. The molecule has 0 atom stereocenters. The van der Waals surface area contributed by atoms with Crippen LogP contribution < -0.4 is 20.9 Å². The number of nitrogens with one attached hydrogen (secondary N) is 1. The summed E-state index contributed by atoms with van der Waals surface area (Å²) in [6.45, 7) is 0.821. The normalized spacial score (nSPS) is 10.2. The Bertz CT molecular complexity index is 547. The first-order valence-corrected chi connectivity index (χ1v) is 6.37. The number of nitrogens with zero attached hydrogens (tertiary/aromatic N) is 3. The molecule has 0 radical (unpaired) electrons. The summed E-state index contributed by atoms with van der Waals surface area (Å²) in [5.74, 6) is 7.16. The Morgan fingerprint density at radius 2 is 2.00 bits per heavy atom. The van der Waals surface area contributed by atoms with Gasteiger partial charge >= 0.3 is 0 Å². The number of hydrazine groups is 1. The molecule has 0 bridgehead atoms. The number of hydrogen-bond acceptors (Lipinski definition) is 6. The highest BCUT2D eigenvalue weighted by Crippen LogP contribution is 2.30. The summed E-state index contributed by atoms with van der Waals surface area (Å²) >= 11 is 0. The molecule has 106 valence electrons. The number of nitrogen functional groups attached to an aromatic ring is 1. The predicted molar refractivity (Wildman–Crippen MR) is 79.8 cm³/mol. The molecule has 1 heterocycles. The van der Waals surface area contributed by atoms with Crippen LogP contribution in [0, 0.1) is 0 Å². The molecule has 1 aromatic carbocycles. The van der Waals surface area contributed by atoms with Crippen LogP contribution in [0.2, 0.25) is 0 Å². The van der Waals surface area contributed by atoms with E-state index in [1.165, 1.54) is 11.9 Å². The van der Waals surface area contributed by atoms with Crippen LogP contribution in [-0.2, 0) is 6.42 Å². The number of likely N-dealkylation sites (N-methyl/N-ethyl adjacent to an activating group) is 1. The van der Waals surface area contributed by atoms with E-state index in [1.807, 2.05) is 30.1 Å². The van der Waals surface area contributed by atoms with Crippen molar-refractivity contribution in [3.05, 3.63) is 42.2 Å². The first-order valence-electron chi connectivity index (χ1n) is 6.37. The molecule has 6 heteroatoms. The zero-order valence-electron chi connectivity index (χ0n) is 11.7. The van der Waals surface area contributed by atoms with Gasteiger partial charge in [-0.05, 0) is 12.0 Å². The third-order valence-corrected chi connectivity index (χ3v) is 3.07. The second kappa shape index (κ2) is 6.72. The van der Waals surface area contributed by atoms with E-state index in [2.05, 4.69) is 27.5 Å². The van der Waals surface area contributed by atoms with Crippen molar-refractivity contribution in [2.45, 2.75) is 6.42 Å². The summed E-state index contributed by atoms with van der Waals surface area (Å²) in [5, 5.41) is 0. The zero-order chi connectivity index (χ0) is 14.4. The molecular formula is C14H19N5O. The highest BCUT2D eigenvalue weighted by molar-refractivity contribution is 5.64. The van der Waals surface area contributed by atoms with Crippen molar-refractivity contribution < 1.29 is 4.74 Å². The number of benzene rings is 1. The number of aromatic nitrogens is 2. The van der Waals surface area contributed by atoms with Gasteiger partial charge in [0.2, 0.25) is 5.75 Å². The van der Waals surface area contributed by atoms with E-state index >= 15 is 0 Å². The summed E-state index contributed by atoms with van der Waals surface area (Å²) in [4.78, 5) is 10.3.